The number of nitrogens with zero attached hydrogens (tertiary/aromatic N) is 1. The highest BCUT2D eigenvalue weighted by Gasteiger charge is 2.52. The molecule has 2 N–H and O–H groups in total. The first-order valence-corrected chi connectivity index (χ1v) is 6.98. The van der Waals surface area contributed by atoms with E-state index in [1.165, 1.54) is 17.0 Å². The molecule has 2 fully saturated rings. The monoisotopic (exact) mass is 288 g/mol. The summed E-state index contributed by atoms with van der Waals surface area (Å²) in [4.78, 5) is 36.5. The second-order valence-electron chi connectivity index (χ2n) is 5.61. The maximum absolute atomic E-state index is 12.5. The van der Waals surface area contributed by atoms with E-state index in [0.29, 0.717) is 12.8 Å². The molecule has 1 aliphatic heterocycles. The molecule has 3 rings (SSSR count). The van der Waals surface area contributed by atoms with Crippen molar-refractivity contribution in [2.24, 2.45) is 0 Å². The highest BCUT2D eigenvalue weighted by molar-refractivity contribution is 6.07. The molecule has 21 heavy (non-hydrogen) atoms. The number of hydrogen-bond acceptors (Lipinski definition) is 3. The van der Waals surface area contributed by atoms with Crippen LogP contribution in [0.25, 0.3) is 0 Å². The van der Waals surface area contributed by atoms with Gasteiger partial charge in [0.2, 0.25) is 0 Å². The van der Waals surface area contributed by atoms with E-state index in [1.54, 1.807) is 12.1 Å². The van der Waals surface area contributed by atoms with Crippen molar-refractivity contribution in [3.05, 3.63) is 35.4 Å². The first-order valence-electron chi connectivity index (χ1n) is 6.98. The number of imide groups is 1. The normalized spacial score (nSPS) is 20.1. The number of carbonyl (C=O) groups is 3. The van der Waals surface area contributed by atoms with Gasteiger partial charge in [-0.15, -0.1) is 0 Å². The smallest absolute Gasteiger partial charge is 0.335 e. The average molecular weight is 288 g/mol. The van der Waals surface area contributed by atoms with Crippen molar-refractivity contribution in [2.45, 2.75) is 37.8 Å². The van der Waals surface area contributed by atoms with Crippen LogP contribution in [0.4, 0.5) is 4.79 Å². The van der Waals surface area contributed by atoms with Gasteiger partial charge in [0.15, 0.2) is 0 Å². The van der Waals surface area contributed by atoms with Crippen LogP contribution in [-0.4, -0.2) is 33.5 Å². The van der Waals surface area contributed by atoms with Gasteiger partial charge in [-0.05, 0) is 30.5 Å². The molecule has 0 atom stereocenters. The molecule has 6 nitrogen and oxygen atoms in total. The number of aromatic carboxylic acids is 1. The standard InChI is InChI=1S/C15H16N2O4/c18-12(19)11-5-3-10(4-6-11)9-17-13(20)15(16-14(17)21)7-1-2-8-15/h3-6H,1-2,7-9H2,(H,16,21)(H,18,19). The molecule has 3 amide bonds. The Morgan fingerprint density at radius 3 is 2.38 bits per heavy atom. The summed E-state index contributed by atoms with van der Waals surface area (Å²) >= 11 is 0. The third-order valence-corrected chi connectivity index (χ3v) is 4.24. The van der Waals surface area contributed by atoms with Crippen molar-refractivity contribution in [1.29, 1.82) is 0 Å². The first-order chi connectivity index (χ1) is 10.0. The molecule has 1 aliphatic carbocycles. The van der Waals surface area contributed by atoms with Gasteiger partial charge < -0.3 is 10.4 Å². The van der Waals surface area contributed by atoms with Crippen LogP contribution in [0.3, 0.4) is 0 Å². The number of benzene rings is 1. The minimum Gasteiger partial charge on any atom is -0.478 e. The van der Waals surface area contributed by atoms with Crippen molar-refractivity contribution in [2.75, 3.05) is 0 Å². The van der Waals surface area contributed by atoms with Crippen LogP contribution >= 0.6 is 0 Å². The van der Waals surface area contributed by atoms with Crippen molar-refractivity contribution in [3.8, 4) is 0 Å². The van der Waals surface area contributed by atoms with Gasteiger partial charge in [-0.2, -0.15) is 0 Å². The highest BCUT2D eigenvalue weighted by atomic mass is 16.4. The fourth-order valence-corrected chi connectivity index (χ4v) is 3.07. The molecule has 1 heterocycles. The molecular formula is C15H16N2O4. The molecule has 2 aliphatic rings. The minimum absolute atomic E-state index is 0.160. The van der Waals surface area contributed by atoms with Gasteiger partial charge in [0, 0.05) is 0 Å². The lowest BCUT2D eigenvalue weighted by atomic mass is 9.98. The third-order valence-electron chi connectivity index (χ3n) is 4.24. The third kappa shape index (κ3) is 2.26. The Morgan fingerprint density at radius 2 is 1.81 bits per heavy atom. The van der Waals surface area contributed by atoms with Crippen molar-refractivity contribution < 1.29 is 19.5 Å². The van der Waals surface area contributed by atoms with Gasteiger partial charge >= 0.3 is 12.0 Å². The first kappa shape index (κ1) is 13.6. The summed E-state index contributed by atoms with van der Waals surface area (Å²) in [6.45, 7) is 0.173. The number of hydrogen-bond donors (Lipinski definition) is 2. The zero-order chi connectivity index (χ0) is 15.0. The van der Waals surface area contributed by atoms with Gasteiger partial charge in [0.25, 0.3) is 5.91 Å². The Morgan fingerprint density at radius 1 is 1.19 bits per heavy atom. The van der Waals surface area contributed by atoms with Gasteiger partial charge in [-0.25, -0.2) is 9.59 Å². The summed E-state index contributed by atoms with van der Waals surface area (Å²) < 4.78 is 0. The number of nitrogens with one attached hydrogen (secondary N) is 1. The summed E-state index contributed by atoms with van der Waals surface area (Å²) in [6.07, 6.45) is 3.30. The molecule has 0 unspecified atom stereocenters. The molecule has 1 aromatic carbocycles. The summed E-state index contributed by atoms with van der Waals surface area (Å²) in [5.41, 5.74) is 0.222. The number of carboxylic acid groups (broad SMARTS) is 1. The number of amides is 3. The second kappa shape index (κ2) is 4.87. The summed E-state index contributed by atoms with van der Waals surface area (Å²) in [7, 11) is 0. The average Bonchev–Trinajstić information content (AvgIpc) is 3.01. The van der Waals surface area contributed by atoms with Crippen LogP contribution in [0, 0.1) is 0 Å². The Kier molecular flexibility index (Phi) is 3.16. The SMILES string of the molecule is O=C(O)c1ccc(CN2C(=O)NC3(CCCC3)C2=O)cc1. The van der Waals surface area contributed by atoms with E-state index >= 15 is 0 Å². The molecule has 1 aromatic rings. The zero-order valence-electron chi connectivity index (χ0n) is 11.5. The van der Waals surface area contributed by atoms with Crippen LogP contribution in [-0.2, 0) is 11.3 Å². The van der Waals surface area contributed by atoms with Gasteiger partial charge in [0.1, 0.15) is 5.54 Å². The molecule has 1 spiro atoms. The molecular weight excluding hydrogens is 272 g/mol. The molecule has 0 radical (unpaired) electrons. The lowest BCUT2D eigenvalue weighted by molar-refractivity contribution is -0.131. The van der Waals surface area contributed by atoms with E-state index < -0.39 is 11.5 Å². The lowest BCUT2D eigenvalue weighted by Gasteiger charge is -2.20. The van der Waals surface area contributed by atoms with Crippen LogP contribution in [0.5, 0.6) is 0 Å². The van der Waals surface area contributed by atoms with Crippen LogP contribution in [0.1, 0.15) is 41.6 Å². The minimum atomic E-state index is -0.999. The van der Waals surface area contributed by atoms with Gasteiger partial charge in [-0.1, -0.05) is 25.0 Å². The fourth-order valence-electron chi connectivity index (χ4n) is 3.07. The van der Waals surface area contributed by atoms with Crippen molar-refractivity contribution in [1.82, 2.24) is 10.2 Å². The van der Waals surface area contributed by atoms with Gasteiger partial charge in [0.05, 0.1) is 12.1 Å². The lowest BCUT2D eigenvalue weighted by Crippen LogP contribution is -2.44. The maximum atomic E-state index is 12.5. The molecule has 1 saturated heterocycles. The van der Waals surface area contributed by atoms with Gasteiger partial charge in [-0.3, -0.25) is 9.69 Å². The Labute approximate surface area is 121 Å². The van der Waals surface area contributed by atoms with E-state index in [9.17, 15) is 14.4 Å². The Hall–Kier alpha value is -2.37. The number of rotatable bonds is 3. The Balaban J connectivity index is 1.77. The maximum Gasteiger partial charge on any atom is 0.335 e. The highest BCUT2D eigenvalue weighted by Crippen LogP contribution is 2.35. The second-order valence-corrected chi connectivity index (χ2v) is 5.61. The fraction of sp³-hybridized carbons (Fsp3) is 0.400. The number of carbonyl (C=O) groups excluding carboxylic acids is 2. The quantitative estimate of drug-likeness (QED) is 0.830. The van der Waals surface area contributed by atoms with Crippen molar-refractivity contribution >= 4 is 17.9 Å². The molecule has 110 valence electrons. The largest absolute Gasteiger partial charge is 0.478 e. The number of carboxylic acids is 1. The molecule has 0 bridgehead atoms. The summed E-state index contributed by atoms with van der Waals surface area (Å²) in [6, 6.07) is 5.85. The van der Waals surface area contributed by atoms with Crippen LogP contribution < -0.4 is 5.32 Å². The van der Waals surface area contributed by atoms with Crippen molar-refractivity contribution in [3.63, 3.8) is 0 Å². The topological polar surface area (TPSA) is 86.7 Å². The summed E-state index contributed by atoms with van der Waals surface area (Å²) in [5.74, 6) is -1.16. The molecule has 1 saturated carbocycles. The van der Waals surface area contributed by atoms with E-state index in [0.717, 1.165) is 18.4 Å². The molecule has 6 heteroatoms. The number of urea groups is 1. The van der Waals surface area contributed by atoms with E-state index in [-0.39, 0.29) is 24.0 Å². The van der Waals surface area contributed by atoms with Crippen LogP contribution in [0.2, 0.25) is 0 Å². The predicted octanol–water partition coefficient (Wildman–Crippen LogP) is 1.75. The Bertz CT molecular complexity index is 603. The van der Waals surface area contributed by atoms with E-state index in [4.69, 9.17) is 5.11 Å². The summed E-state index contributed by atoms with van der Waals surface area (Å²) in [5, 5.41) is 11.7. The van der Waals surface area contributed by atoms with Crippen LogP contribution in [0.15, 0.2) is 24.3 Å². The molecule has 0 aromatic heterocycles. The zero-order valence-corrected chi connectivity index (χ0v) is 11.5. The predicted molar refractivity (Wildman–Crippen MR) is 73.7 cm³/mol. The van der Waals surface area contributed by atoms with E-state index in [2.05, 4.69) is 5.32 Å². The van der Waals surface area contributed by atoms with E-state index in [1.807, 2.05) is 0 Å².